The number of amides is 1. The van der Waals surface area contributed by atoms with Gasteiger partial charge in [-0.25, -0.2) is 5.14 Å². The average Bonchev–Trinajstić information content (AvgIpc) is 2.16. The third kappa shape index (κ3) is 4.46. The highest BCUT2D eigenvalue weighted by molar-refractivity contribution is 7.86. The van der Waals surface area contributed by atoms with Gasteiger partial charge >= 0.3 is 0 Å². The Balaban J connectivity index is 2.25. The maximum Gasteiger partial charge on any atom is 0.276 e. The minimum absolute atomic E-state index is 0.0260. The van der Waals surface area contributed by atoms with Crippen molar-refractivity contribution in [1.29, 1.82) is 0 Å². The number of hydrogen-bond acceptors (Lipinski definition) is 3. The van der Waals surface area contributed by atoms with Crippen LogP contribution in [0, 0.1) is 5.92 Å². The maximum atomic E-state index is 11.0. The highest BCUT2D eigenvalue weighted by atomic mass is 32.2. The molecule has 0 aliphatic carbocycles. The number of carbonyl (C=O) groups is 1. The summed E-state index contributed by atoms with van der Waals surface area (Å²) in [5.41, 5.74) is 0. The van der Waals surface area contributed by atoms with E-state index in [1.165, 1.54) is 11.2 Å². The van der Waals surface area contributed by atoms with Gasteiger partial charge in [-0.15, -0.1) is 0 Å². The number of carbonyl (C=O) groups excluding carboxylic acids is 1. The minimum Gasteiger partial charge on any atom is -0.356 e. The summed E-state index contributed by atoms with van der Waals surface area (Å²) in [6, 6.07) is 0. The zero-order chi connectivity index (χ0) is 12.2. The Kier molecular flexibility index (Phi) is 4.69. The van der Waals surface area contributed by atoms with Crippen LogP contribution in [0.1, 0.15) is 26.2 Å². The summed E-state index contributed by atoms with van der Waals surface area (Å²) < 4.78 is 23.4. The molecule has 1 aliphatic rings. The zero-order valence-corrected chi connectivity index (χ0v) is 10.3. The van der Waals surface area contributed by atoms with E-state index in [4.69, 9.17) is 5.14 Å². The lowest BCUT2D eigenvalue weighted by Gasteiger charge is -2.29. The first-order chi connectivity index (χ1) is 7.39. The molecule has 0 saturated carbocycles. The summed E-state index contributed by atoms with van der Waals surface area (Å²) in [5.74, 6) is 0.451. The molecule has 1 amide bonds. The third-order valence-corrected chi connectivity index (χ3v) is 3.94. The molecule has 0 spiro atoms. The van der Waals surface area contributed by atoms with Crippen molar-refractivity contribution in [3.05, 3.63) is 0 Å². The zero-order valence-electron chi connectivity index (χ0n) is 9.48. The summed E-state index contributed by atoms with van der Waals surface area (Å²) in [6.07, 6.45) is 2.53. The van der Waals surface area contributed by atoms with E-state index in [-0.39, 0.29) is 5.91 Å². The predicted molar refractivity (Wildman–Crippen MR) is 60.7 cm³/mol. The standard InChI is InChI=1S/C9H19N3O3S/c1-8(13)11-5-2-9-3-6-12(7-4-9)16(10,14)15/h9H,2-7H2,1H3,(H,11,13)(H2,10,14,15). The second-order valence-electron chi connectivity index (χ2n) is 4.16. The summed E-state index contributed by atoms with van der Waals surface area (Å²) in [5, 5.41) is 7.78. The third-order valence-electron chi connectivity index (χ3n) is 2.86. The number of nitrogens with one attached hydrogen (secondary N) is 1. The van der Waals surface area contributed by atoms with Crippen molar-refractivity contribution in [3.8, 4) is 0 Å². The maximum absolute atomic E-state index is 11.0. The van der Waals surface area contributed by atoms with Crippen LogP contribution in [0.25, 0.3) is 0 Å². The van der Waals surface area contributed by atoms with Crippen molar-refractivity contribution >= 4 is 16.1 Å². The first-order valence-electron chi connectivity index (χ1n) is 5.42. The van der Waals surface area contributed by atoms with E-state index in [2.05, 4.69) is 5.32 Å². The van der Waals surface area contributed by atoms with Crippen LogP contribution in [0.15, 0.2) is 0 Å². The molecule has 1 heterocycles. The Morgan fingerprint density at radius 2 is 2.00 bits per heavy atom. The van der Waals surface area contributed by atoms with Crippen molar-refractivity contribution < 1.29 is 13.2 Å². The van der Waals surface area contributed by atoms with Gasteiger partial charge < -0.3 is 5.32 Å². The first-order valence-corrected chi connectivity index (χ1v) is 6.92. The molecule has 0 aromatic heterocycles. The molecule has 3 N–H and O–H groups in total. The van der Waals surface area contributed by atoms with E-state index in [1.54, 1.807) is 0 Å². The average molecular weight is 249 g/mol. The summed E-state index contributed by atoms with van der Waals surface area (Å²) >= 11 is 0. The molecule has 16 heavy (non-hydrogen) atoms. The van der Waals surface area contributed by atoms with E-state index in [0.29, 0.717) is 25.6 Å². The Morgan fingerprint density at radius 3 is 2.44 bits per heavy atom. The van der Waals surface area contributed by atoms with Crippen LogP contribution >= 0.6 is 0 Å². The smallest absolute Gasteiger partial charge is 0.276 e. The first kappa shape index (κ1) is 13.4. The second kappa shape index (κ2) is 5.60. The molecular formula is C9H19N3O3S. The normalized spacial score (nSPS) is 19.6. The van der Waals surface area contributed by atoms with Crippen molar-refractivity contribution in [2.75, 3.05) is 19.6 Å². The molecule has 0 unspecified atom stereocenters. The number of hydrogen-bond donors (Lipinski definition) is 2. The van der Waals surface area contributed by atoms with Gasteiger partial charge in [0, 0.05) is 26.6 Å². The fraction of sp³-hybridized carbons (Fsp3) is 0.889. The molecule has 7 heteroatoms. The van der Waals surface area contributed by atoms with Crippen LogP contribution < -0.4 is 10.5 Å². The molecular weight excluding hydrogens is 230 g/mol. The molecule has 1 saturated heterocycles. The fourth-order valence-electron chi connectivity index (χ4n) is 1.90. The van der Waals surface area contributed by atoms with Gasteiger partial charge in [0.05, 0.1) is 0 Å². The van der Waals surface area contributed by atoms with Crippen LogP contribution in [-0.2, 0) is 15.0 Å². The molecule has 1 fully saturated rings. The highest BCUT2D eigenvalue weighted by Gasteiger charge is 2.24. The highest BCUT2D eigenvalue weighted by Crippen LogP contribution is 2.20. The van der Waals surface area contributed by atoms with Gasteiger partial charge in [-0.3, -0.25) is 4.79 Å². The van der Waals surface area contributed by atoms with E-state index < -0.39 is 10.2 Å². The Labute approximate surface area is 96.4 Å². The van der Waals surface area contributed by atoms with E-state index in [1.807, 2.05) is 0 Å². The lowest BCUT2D eigenvalue weighted by Crippen LogP contribution is -2.42. The quantitative estimate of drug-likeness (QED) is 0.698. The Morgan fingerprint density at radius 1 is 1.44 bits per heavy atom. The molecule has 0 aromatic carbocycles. The van der Waals surface area contributed by atoms with Gasteiger partial charge in [0.25, 0.3) is 10.2 Å². The molecule has 6 nitrogen and oxygen atoms in total. The van der Waals surface area contributed by atoms with Gasteiger partial charge in [-0.2, -0.15) is 12.7 Å². The van der Waals surface area contributed by atoms with Gasteiger partial charge in [0.15, 0.2) is 0 Å². The Hall–Kier alpha value is -0.660. The SMILES string of the molecule is CC(=O)NCCC1CCN(S(N)(=O)=O)CC1. The topological polar surface area (TPSA) is 92.5 Å². The molecule has 1 aliphatic heterocycles. The fourth-order valence-corrected chi connectivity index (χ4v) is 2.62. The lowest BCUT2D eigenvalue weighted by molar-refractivity contribution is -0.119. The van der Waals surface area contributed by atoms with Crippen LogP contribution in [-0.4, -0.2) is 38.3 Å². The number of nitrogens with zero attached hydrogens (tertiary/aromatic N) is 1. The molecule has 0 aromatic rings. The van der Waals surface area contributed by atoms with Crippen molar-refractivity contribution in [3.63, 3.8) is 0 Å². The van der Waals surface area contributed by atoms with Gasteiger partial charge in [-0.1, -0.05) is 0 Å². The van der Waals surface area contributed by atoms with Gasteiger partial charge in [0.1, 0.15) is 0 Å². The minimum atomic E-state index is -3.52. The second-order valence-corrected chi connectivity index (χ2v) is 5.71. The lowest BCUT2D eigenvalue weighted by atomic mass is 9.95. The molecule has 94 valence electrons. The van der Waals surface area contributed by atoms with Crippen LogP contribution in [0.3, 0.4) is 0 Å². The molecule has 0 radical (unpaired) electrons. The van der Waals surface area contributed by atoms with E-state index >= 15 is 0 Å². The number of piperidine rings is 1. The van der Waals surface area contributed by atoms with Crippen LogP contribution in [0.2, 0.25) is 0 Å². The van der Waals surface area contributed by atoms with Crippen LogP contribution in [0.5, 0.6) is 0 Å². The van der Waals surface area contributed by atoms with E-state index in [9.17, 15) is 13.2 Å². The van der Waals surface area contributed by atoms with Gasteiger partial charge in [0.2, 0.25) is 5.91 Å². The largest absolute Gasteiger partial charge is 0.356 e. The molecule has 1 rings (SSSR count). The Bertz CT molecular complexity index is 334. The van der Waals surface area contributed by atoms with Crippen molar-refractivity contribution in [2.45, 2.75) is 26.2 Å². The van der Waals surface area contributed by atoms with Crippen molar-refractivity contribution in [2.24, 2.45) is 11.1 Å². The summed E-state index contributed by atoms with van der Waals surface area (Å²) in [4.78, 5) is 10.7. The van der Waals surface area contributed by atoms with Crippen LogP contribution in [0.4, 0.5) is 0 Å². The molecule has 0 bridgehead atoms. The predicted octanol–water partition coefficient (Wildman–Crippen LogP) is -0.572. The van der Waals surface area contributed by atoms with Gasteiger partial charge in [-0.05, 0) is 25.2 Å². The summed E-state index contributed by atoms with van der Waals surface area (Å²) in [6.45, 7) is 3.13. The van der Waals surface area contributed by atoms with E-state index in [0.717, 1.165) is 19.3 Å². The monoisotopic (exact) mass is 249 g/mol. The molecule has 0 atom stereocenters. The number of rotatable bonds is 4. The van der Waals surface area contributed by atoms with Crippen molar-refractivity contribution in [1.82, 2.24) is 9.62 Å². The summed E-state index contributed by atoms with van der Waals surface area (Å²) in [7, 11) is -3.52. The number of nitrogens with two attached hydrogens (primary N) is 1.